The van der Waals surface area contributed by atoms with Gasteiger partial charge in [0.15, 0.2) is 23.1 Å². The Labute approximate surface area is 136 Å². The van der Waals surface area contributed by atoms with E-state index in [4.69, 9.17) is 21.8 Å². The summed E-state index contributed by atoms with van der Waals surface area (Å²) >= 11 is 5.65. The SMILES string of the molecule is O=[N+]([O-])C(CO)(CO)[N+]([O-])=NCCS(=O)(=O)c1ccc(Cl)cc1. The maximum atomic E-state index is 12.0. The molecule has 23 heavy (non-hydrogen) atoms. The fourth-order valence-corrected chi connectivity index (χ4v) is 2.73. The highest BCUT2D eigenvalue weighted by atomic mass is 35.5. The van der Waals surface area contributed by atoms with Crippen LogP contribution in [-0.4, -0.2) is 59.6 Å². The van der Waals surface area contributed by atoms with Crippen LogP contribution in [0.25, 0.3) is 0 Å². The largest absolute Gasteiger partial charge is 0.594 e. The van der Waals surface area contributed by atoms with Crippen LogP contribution in [0.15, 0.2) is 34.3 Å². The van der Waals surface area contributed by atoms with E-state index >= 15 is 0 Å². The summed E-state index contributed by atoms with van der Waals surface area (Å²) in [5.74, 6) is -0.585. The van der Waals surface area contributed by atoms with Crippen molar-refractivity contribution in [2.75, 3.05) is 25.5 Å². The number of nitro groups is 1. The maximum Gasteiger partial charge on any atom is 0.483 e. The van der Waals surface area contributed by atoms with Crippen LogP contribution in [0, 0.1) is 15.3 Å². The first-order chi connectivity index (χ1) is 10.7. The van der Waals surface area contributed by atoms with Gasteiger partial charge in [-0.25, -0.2) is 8.42 Å². The van der Waals surface area contributed by atoms with Gasteiger partial charge in [0.1, 0.15) is 11.5 Å². The monoisotopic (exact) mass is 367 g/mol. The zero-order valence-electron chi connectivity index (χ0n) is 11.7. The summed E-state index contributed by atoms with van der Waals surface area (Å²) in [7, 11) is -3.76. The van der Waals surface area contributed by atoms with Crippen LogP contribution < -0.4 is 0 Å². The van der Waals surface area contributed by atoms with Gasteiger partial charge in [-0.1, -0.05) is 11.6 Å². The third kappa shape index (κ3) is 4.34. The van der Waals surface area contributed by atoms with Crippen molar-refractivity contribution in [3.63, 3.8) is 0 Å². The molecule has 0 atom stereocenters. The predicted molar refractivity (Wildman–Crippen MR) is 78.3 cm³/mol. The second kappa shape index (κ2) is 7.64. The number of azo groups is 1. The van der Waals surface area contributed by atoms with Crippen molar-refractivity contribution in [2.24, 2.45) is 5.11 Å². The first kappa shape index (κ1) is 19.2. The Morgan fingerprint density at radius 3 is 2.13 bits per heavy atom. The second-order valence-electron chi connectivity index (χ2n) is 4.47. The Kier molecular flexibility index (Phi) is 6.38. The highest BCUT2D eigenvalue weighted by molar-refractivity contribution is 7.91. The lowest BCUT2D eigenvalue weighted by molar-refractivity contribution is -0.818. The minimum atomic E-state index is -3.76. The van der Waals surface area contributed by atoms with Crippen LogP contribution in [0.2, 0.25) is 5.02 Å². The quantitative estimate of drug-likeness (QED) is 0.216. The molecule has 12 heteroatoms. The molecule has 0 aliphatic carbocycles. The molecule has 0 aromatic heterocycles. The second-order valence-corrected chi connectivity index (χ2v) is 7.01. The van der Waals surface area contributed by atoms with E-state index in [1.54, 1.807) is 0 Å². The van der Waals surface area contributed by atoms with Crippen LogP contribution in [0.3, 0.4) is 0 Å². The normalized spacial score (nSPS) is 13.1. The molecule has 0 unspecified atom stereocenters. The van der Waals surface area contributed by atoms with E-state index < -0.39 is 50.8 Å². The molecule has 0 fully saturated rings. The minimum absolute atomic E-state index is 0.0422. The van der Waals surface area contributed by atoms with Crippen LogP contribution in [0.1, 0.15) is 0 Å². The number of halogens is 1. The average Bonchev–Trinajstić information content (AvgIpc) is 2.49. The number of benzene rings is 1. The van der Waals surface area contributed by atoms with Gasteiger partial charge >= 0.3 is 5.66 Å². The number of hydrogen-bond donors (Lipinski definition) is 2. The molecule has 0 amide bonds. The minimum Gasteiger partial charge on any atom is -0.594 e. The lowest BCUT2D eigenvalue weighted by Crippen LogP contribution is -2.53. The molecule has 10 nitrogen and oxygen atoms in total. The lowest BCUT2D eigenvalue weighted by atomic mass is 10.2. The van der Waals surface area contributed by atoms with E-state index in [1.807, 2.05) is 0 Å². The molecule has 0 saturated heterocycles. The zero-order valence-corrected chi connectivity index (χ0v) is 13.3. The fraction of sp³-hybridized carbons (Fsp3) is 0.455. The molecule has 128 valence electrons. The summed E-state index contributed by atoms with van der Waals surface area (Å²) in [5.41, 5.74) is -2.75. The van der Waals surface area contributed by atoms with E-state index in [0.29, 0.717) is 5.02 Å². The number of sulfone groups is 1. The molecular weight excluding hydrogens is 354 g/mol. The Morgan fingerprint density at radius 1 is 1.17 bits per heavy atom. The topological polar surface area (TPSA) is 156 Å². The fourth-order valence-electron chi connectivity index (χ4n) is 1.50. The van der Waals surface area contributed by atoms with E-state index in [1.165, 1.54) is 24.3 Å². The van der Waals surface area contributed by atoms with Crippen molar-refractivity contribution in [1.29, 1.82) is 0 Å². The van der Waals surface area contributed by atoms with Crippen molar-refractivity contribution in [3.8, 4) is 0 Å². The van der Waals surface area contributed by atoms with Crippen molar-refractivity contribution < 1.29 is 28.4 Å². The van der Waals surface area contributed by atoms with Crippen LogP contribution in [0.4, 0.5) is 0 Å². The summed E-state index contributed by atoms with van der Waals surface area (Å²) in [6.45, 7) is -3.15. The van der Waals surface area contributed by atoms with Gasteiger partial charge in [0.25, 0.3) is 0 Å². The molecule has 0 radical (unpaired) electrons. The van der Waals surface area contributed by atoms with Gasteiger partial charge in [0.05, 0.1) is 10.6 Å². The summed E-state index contributed by atoms with van der Waals surface area (Å²) in [6, 6.07) is 5.30. The number of hydroxylamine groups is 1. The summed E-state index contributed by atoms with van der Waals surface area (Å²) in [5, 5.41) is 43.8. The van der Waals surface area contributed by atoms with Crippen LogP contribution in [0.5, 0.6) is 0 Å². The Balaban J connectivity index is 2.88. The molecule has 1 aromatic carbocycles. The summed E-state index contributed by atoms with van der Waals surface area (Å²) in [4.78, 5) is 9.08. The third-order valence-corrected chi connectivity index (χ3v) is 4.93. The number of aliphatic hydroxyl groups excluding tert-OH is 2. The van der Waals surface area contributed by atoms with E-state index in [-0.39, 0.29) is 4.90 Å². The van der Waals surface area contributed by atoms with Gasteiger partial charge in [-0.05, 0) is 34.2 Å². The number of rotatable bonds is 8. The Bertz CT molecular complexity index is 686. The molecule has 0 bridgehead atoms. The van der Waals surface area contributed by atoms with E-state index in [2.05, 4.69) is 5.11 Å². The van der Waals surface area contributed by atoms with Crippen LogP contribution >= 0.6 is 11.6 Å². The van der Waals surface area contributed by atoms with Crippen LogP contribution in [-0.2, 0) is 9.84 Å². The molecule has 0 spiro atoms. The standard InChI is InChI=1S/C11H14ClN3O7S/c12-9-1-3-10(4-2-9)23(21,22)6-5-13-14(18)11(7-16,8-17)15(19)20/h1-4,16-17H,5-8H2. The Hall–Kier alpha value is -1.82. The van der Waals surface area contributed by atoms with Gasteiger partial charge < -0.3 is 15.4 Å². The first-order valence-electron chi connectivity index (χ1n) is 6.19. The molecule has 0 aliphatic heterocycles. The molecule has 0 saturated carbocycles. The van der Waals surface area contributed by atoms with Gasteiger partial charge in [-0.2, -0.15) is 0 Å². The van der Waals surface area contributed by atoms with Gasteiger partial charge in [0.2, 0.25) is 0 Å². The van der Waals surface area contributed by atoms with Crippen molar-refractivity contribution in [2.45, 2.75) is 10.6 Å². The highest BCUT2D eigenvalue weighted by Crippen LogP contribution is 2.16. The number of aliphatic hydroxyl groups is 2. The van der Waals surface area contributed by atoms with Crippen molar-refractivity contribution in [1.82, 2.24) is 0 Å². The molecule has 2 N–H and O–H groups in total. The molecule has 1 aromatic rings. The van der Waals surface area contributed by atoms with E-state index in [9.17, 15) is 23.7 Å². The number of hydrogen-bond acceptors (Lipinski definition) is 8. The molecule has 1 rings (SSSR count). The molecule has 0 aliphatic rings. The average molecular weight is 368 g/mol. The van der Waals surface area contributed by atoms with Crippen molar-refractivity contribution >= 4 is 21.4 Å². The Morgan fingerprint density at radius 2 is 1.70 bits per heavy atom. The predicted octanol–water partition coefficient (Wildman–Crippen LogP) is 0.0338. The van der Waals surface area contributed by atoms with Crippen molar-refractivity contribution in [3.05, 3.63) is 44.6 Å². The first-order valence-corrected chi connectivity index (χ1v) is 8.22. The smallest absolute Gasteiger partial charge is 0.483 e. The summed E-state index contributed by atoms with van der Waals surface area (Å²) in [6.07, 6.45) is 0. The summed E-state index contributed by atoms with van der Waals surface area (Å²) < 4.78 is 24.0. The van der Waals surface area contributed by atoms with Gasteiger partial charge in [-0.3, -0.25) is 10.1 Å². The maximum absolute atomic E-state index is 12.0. The lowest BCUT2D eigenvalue weighted by Gasteiger charge is -2.16. The zero-order chi connectivity index (χ0) is 17.7. The van der Waals surface area contributed by atoms with Gasteiger partial charge in [-0.15, -0.1) is 0 Å². The van der Waals surface area contributed by atoms with Gasteiger partial charge in [0, 0.05) is 5.02 Å². The highest BCUT2D eigenvalue weighted by Gasteiger charge is 2.53. The van der Waals surface area contributed by atoms with E-state index in [0.717, 1.165) is 0 Å². The molecule has 0 heterocycles. The molecular formula is C11H14ClN3O7S. The number of nitrogens with zero attached hydrogens (tertiary/aromatic N) is 3. The third-order valence-electron chi connectivity index (χ3n) is 2.96.